The van der Waals surface area contributed by atoms with Crippen molar-refractivity contribution in [2.75, 3.05) is 20.6 Å². The summed E-state index contributed by atoms with van der Waals surface area (Å²) in [6, 6.07) is 3.38. The Labute approximate surface area is 118 Å². The smallest absolute Gasteiger partial charge is 0.164 e. The van der Waals surface area contributed by atoms with Gasteiger partial charge in [-0.3, -0.25) is 4.79 Å². The van der Waals surface area contributed by atoms with Gasteiger partial charge in [0.25, 0.3) is 0 Å². The molecule has 0 aliphatic heterocycles. The minimum Gasteiger partial charge on any atom is -0.309 e. The van der Waals surface area contributed by atoms with Gasteiger partial charge in [0.15, 0.2) is 5.78 Å². The summed E-state index contributed by atoms with van der Waals surface area (Å²) in [7, 11) is 3.88. The summed E-state index contributed by atoms with van der Waals surface area (Å²) in [6.45, 7) is 2.60. The molecule has 17 heavy (non-hydrogen) atoms. The van der Waals surface area contributed by atoms with Gasteiger partial charge in [0.1, 0.15) is 0 Å². The number of nitrogens with zero attached hydrogens (tertiary/aromatic N) is 1. The topological polar surface area (TPSA) is 20.3 Å². The van der Waals surface area contributed by atoms with Gasteiger partial charge >= 0.3 is 0 Å². The summed E-state index contributed by atoms with van der Waals surface area (Å²) in [5, 5.41) is 0.920. The number of halogens is 3. The first-order chi connectivity index (χ1) is 7.41. The Kier molecular flexibility index (Phi) is 7.10. The molecular formula is C12H16Cl3NO. The van der Waals surface area contributed by atoms with Crippen molar-refractivity contribution in [3.8, 4) is 0 Å². The van der Waals surface area contributed by atoms with Crippen LogP contribution in [0.5, 0.6) is 0 Å². The van der Waals surface area contributed by atoms with Crippen molar-refractivity contribution < 1.29 is 4.79 Å². The van der Waals surface area contributed by atoms with E-state index in [0.29, 0.717) is 22.0 Å². The van der Waals surface area contributed by atoms with Crippen LogP contribution in [0.25, 0.3) is 0 Å². The summed E-state index contributed by atoms with van der Waals surface area (Å²) in [5.74, 6) is 0.102. The Hall–Kier alpha value is -0.280. The van der Waals surface area contributed by atoms with Gasteiger partial charge in [-0.05, 0) is 38.7 Å². The highest BCUT2D eigenvalue weighted by atomic mass is 35.5. The zero-order valence-corrected chi connectivity index (χ0v) is 12.4. The van der Waals surface area contributed by atoms with Crippen LogP contribution >= 0.6 is 35.6 Å². The molecule has 0 saturated heterocycles. The molecule has 0 aliphatic carbocycles. The maximum absolute atomic E-state index is 11.9. The molecule has 96 valence electrons. The first kappa shape index (κ1) is 16.7. The third-order valence-corrected chi connectivity index (χ3v) is 3.08. The fraction of sp³-hybridized carbons (Fsp3) is 0.417. The Bertz CT molecular complexity index is 405. The monoisotopic (exact) mass is 295 g/mol. The van der Waals surface area contributed by atoms with Crippen molar-refractivity contribution >= 4 is 41.4 Å². The summed E-state index contributed by atoms with van der Waals surface area (Å²) in [4.78, 5) is 13.9. The predicted molar refractivity (Wildman–Crippen MR) is 75.9 cm³/mol. The van der Waals surface area contributed by atoms with E-state index in [4.69, 9.17) is 23.2 Å². The van der Waals surface area contributed by atoms with Gasteiger partial charge in [-0.15, -0.1) is 12.4 Å². The number of Topliss-reactive ketones (excluding diaryl/α,β-unsaturated/α-hetero) is 1. The van der Waals surface area contributed by atoms with E-state index >= 15 is 0 Å². The Morgan fingerprint density at radius 1 is 1.24 bits per heavy atom. The van der Waals surface area contributed by atoms with Gasteiger partial charge in [-0.2, -0.15) is 0 Å². The van der Waals surface area contributed by atoms with Crippen molar-refractivity contribution in [2.45, 2.75) is 13.3 Å². The second kappa shape index (κ2) is 7.22. The SMILES string of the molecule is Cc1cc(Cl)c(Cl)cc1C(=O)CCN(C)C.Cl. The van der Waals surface area contributed by atoms with Crippen molar-refractivity contribution in [3.63, 3.8) is 0 Å². The number of hydrogen-bond acceptors (Lipinski definition) is 2. The quantitative estimate of drug-likeness (QED) is 0.786. The fourth-order valence-corrected chi connectivity index (χ4v) is 1.79. The molecule has 0 atom stereocenters. The van der Waals surface area contributed by atoms with Gasteiger partial charge in [0.2, 0.25) is 0 Å². The molecule has 0 aromatic heterocycles. The maximum Gasteiger partial charge on any atom is 0.164 e. The van der Waals surface area contributed by atoms with Crippen molar-refractivity contribution in [1.82, 2.24) is 4.90 Å². The minimum absolute atomic E-state index is 0. The van der Waals surface area contributed by atoms with Crippen LogP contribution in [0.4, 0.5) is 0 Å². The summed E-state index contributed by atoms with van der Waals surface area (Å²) < 4.78 is 0. The Morgan fingerprint density at radius 3 is 2.29 bits per heavy atom. The van der Waals surface area contributed by atoms with Crippen molar-refractivity contribution in [2.24, 2.45) is 0 Å². The largest absolute Gasteiger partial charge is 0.309 e. The molecule has 1 aromatic carbocycles. The molecule has 5 heteroatoms. The van der Waals surface area contributed by atoms with Crippen LogP contribution in [0.15, 0.2) is 12.1 Å². The van der Waals surface area contributed by atoms with Gasteiger partial charge < -0.3 is 4.90 Å². The number of aryl methyl sites for hydroxylation is 1. The molecule has 1 rings (SSSR count). The highest BCUT2D eigenvalue weighted by Gasteiger charge is 2.12. The van der Waals surface area contributed by atoms with Crippen LogP contribution in [-0.2, 0) is 0 Å². The molecule has 0 spiro atoms. The van der Waals surface area contributed by atoms with E-state index in [1.807, 2.05) is 25.9 Å². The predicted octanol–water partition coefficient (Wildman–Crippen LogP) is 3.86. The molecule has 0 heterocycles. The van der Waals surface area contributed by atoms with Crippen LogP contribution in [0.1, 0.15) is 22.3 Å². The van der Waals surface area contributed by atoms with E-state index in [1.54, 1.807) is 12.1 Å². The van der Waals surface area contributed by atoms with Crippen molar-refractivity contribution in [3.05, 3.63) is 33.3 Å². The first-order valence-electron chi connectivity index (χ1n) is 5.05. The molecule has 0 aliphatic rings. The normalized spacial score (nSPS) is 10.2. The maximum atomic E-state index is 11.9. The fourth-order valence-electron chi connectivity index (χ4n) is 1.41. The Morgan fingerprint density at radius 2 is 1.76 bits per heavy atom. The van der Waals surface area contributed by atoms with Crippen LogP contribution in [0.2, 0.25) is 10.0 Å². The van der Waals surface area contributed by atoms with Gasteiger partial charge in [0.05, 0.1) is 10.0 Å². The van der Waals surface area contributed by atoms with Gasteiger partial charge in [0, 0.05) is 18.5 Å². The average molecular weight is 297 g/mol. The second-order valence-electron chi connectivity index (χ2n) is 4.06. The molecule has 0 radical (unpaired) electrons. The van der Waals surface area contributed by atoms with Crippen LogP contribution < -0.4 is 0 Å². The van der Waals surface area contributed by atoms with E-state index in [9.17, 15) is 4.79 Å². The zero-order chi connectivity index (χ0) is 12.3. The Balaban J connectivity index is 0.00000256. The standard InChI is InChI=1S/C12H15Cl2NO.ClH/c1-8-6-10(13)11(14)7-9(8)12(16)4-5-15(2)3;/h6-7H,4-5H2,1-3H3;1H. The van der Waals surface area contributed by atoms with Gasteiger partial charge in [-0.1, -0.05) is 23.2 Å². The van der Waals surface area contributed by atoms with E-state index in [1.165, 1.54) is 0 Å². The molecule has 0 amide bonds. The minimum atomic E-state index is 0. The highest BCUT2D eigenvalue weighted by molar-refractivity contribution is 6.42. The number of carbonyl (C=O) groups is 1. The first-order valence-corrected chi connectivity index (χ1v) is 5.81. The van der Waals surface area contributed by atoms with Crippen LogP contribution in [0, 0.1) is 6.92 Å². The van der Waals surface area contributed by atoms with Crippen LogP contribution in [-0.4, -0.2) is 31.3 Å². The van der Waals surface area contributed by atoms with E-state index in [-0.39, 0.29) is 18.2 Å². The van der Waals surface area contributed by atoms with Crippen LogP contribution in [0.3, 0.4) is 0 Å². The lowest BCUT2D eigenvalue weighted by atomic mass is 10.0. The number of hydrogen-bond donors (Lipinski definition) is 0. The number of carbonyl (C=O) groups excluding carboxylic acids is 1. The third-order valence-electron chi connectivity index (χ3n) is 2.35. The number of benzene rings is 1. The lowest BCUT2D eigenvalue weighted by molar-refractivity contribution is 0.0972. The molecule has 0 bridgehead atoms. The highest BCUT2D eigenvalue weighted by Crippen LogP contribution is 2.26. The van der Waals surface area contributed by atoms with Crippen molar-refractivity contribution in [1.29, 1.82) is 0 Å². The number of rotatable bonds is 4. The summed E-state index contributed by atoms with van der Waals surface area (Å²) in [5.41, 5.74) is 1.54. The van der Waals surface area contributed by atoms with E-state index in [2.05, 4.69) is 0 Å². The zero-order valence-electron chi connectivity index (χ0n) is 10.1. The summed E-state index contributed by atoms with van der Waals surface area (Å²) in [6.07, 6.45) is 0.492. The van der Waals surface area contributed by atoms with E-state index < -0.39 is 0 Å². The van der Waals surface area contributed by atoms with E-state index in [0.717, 1.165) is 12.1 Å². The third kappa shape index (κ3) is 4.84. The summed E-state index contributed by atoms with van der Waals surface area (Å²) >= 11 is 11.8. The molecule has 2 nitrogen and oxygen atoms in total. The number of ketones is 1. The molecular weight excluding hydrogens is 280 g/mol. The second-order valence-corrected chi connectivity index (χ2v) is 4.87. The molecule has 0 N–H and O–H groups in total. The molecule has 0 fully saturated rings. The van der Waals surface area contributed by atoms with Gasteiger partial charge in [-0.25, -0.2) is 0 Å². The lowest BCUT2D eigenvalue weighted by Crippen LogP contribution is -2.17. The average Bonchev–Trinajstić information content (AvgIpc) is 2.20. The lowest BCUT2D eigenvalue weighted by Gasteiger charge is -2.10. The molecule has 0 unspecified atom stereocenters. The molecule has 1 aromatic rings. The molecule has 0 saturated carbocycles.